The standard InChI is InChI=1S/C24H25N5O4S/c1-29(34(2,30)31)20-6-4-19(5-7-20)27-24-26-12-9-22(28-24)17-3-8-23(18(15-17)16-25)33-21-10-13-32-14-11-21/h3-9,12,15,21H,10-11,13-14H2,1-2H3,(H,26,27,28). The molecule has 34 heavy (non-hydrogen) atoms. The first-order valence-corrected chi connectivity index (χ1v) is 12.6. The van der Waals surface area contributed by atoms with Gasteiger partial charge >= 0.3 is 0 Å². The van der Waals surface area contributed by atoms with Crippen LogP contribution in [0.1, 0.15) is 18.4 Å². The zero-order chi connectivity index (χ0) is 24.1. The second kappa shape index (κ2) is 10.1. The molecule has 10 heteroatoms. The van der Waals surface area contributed by atoms with Gasteiger partial charge in [-0.15, -0.1) is 0 Å². The van der Waals surface area contributed by atoms with E-state index in [4.69, 9.17) is 9.47 Å². The molecule has 0 unspecified atom stereocenters. The molecule has 1 saturated heterocycles. The number of anilines is 3. The van der Waals surface area contributed by atoms with Gasteiger partial charge in [-0.05, 0) is 48.5 Å². The summed E-state index contributed by atoms with van der Waals surface area (Å²) in [6, 6.07) is 16.3. The summed E-state index contributed by atoms with van der Waals surface area (Å²) < 4.78 is 36.0. The highest BCUT2D eigenvalue weighted by Gasteiger charge is 2.18. The molecule has 1 aliphatic rings. The van der Waals surface area contributed by atoms with Gasteiger partial charge in [-0.3, -0.25) is 4.31 Å². The normalized spacial score (nSPS) is 14.3. The van der Waals surface area contributed by atoms with Crippen LogP contribution in [0, 0.1) is 11.3 Å². The summed E-state index contributed by atoms with van der Waals surface area (Å²) in [5, 5.41) is 12.8. The van der Waals surface area contributed by atoms with Gasteiger partial charge in [0.2, 0.25) is 16.0 Å². The van der Waals surface area contributed by atoms with E-state index in [2.05, 4.69) is 21.4 Å². The quantitative estimate of drug-likeness (QED) is 0.545. The van der Waals surface area contributed by atoms with Gasteiger partial charge in [-0.25, -0.2) is 18.4 Å². The molecule has 0 atom stereocenters. The average molecular weight is 480 g/mol. The Balaban J connectivity index is 1.50. The Labute approximate surface area is 199 Å². The average Bonchev–Trinajstić information content (AvgIpc) is 2.84. The molecule has 0 saturated carbocycles. The van der Waals surface area contributed by atoms with Gasteiger partial charge < -0.3 is 14.8 Å². The first kappa shape index (κ1) is 23.5. The Morgan fingerprint density at radius 3 is 2.56 bits per heavy atom. The zero-order valence-corrected chi connectivity index (χ0v) is 19.7. The van der Waals surface area contributed by atoms with Gasteiger partial charge in [0.1, 0.15) is 17.9 Å². The van der Waals surface area contributed by atoms with E-state index in [1.165, 1.54) is 11.4 Å². The molecular formula is C24H25N5O4S. The van der Waals surface area contributed by atoms with E-state index >= 15 is 0 Å². The number of rotatable bonds is 7. The minimum Gasteiger partial charge on any atom is -0.489 e. The fourth-order valence-electron chi connectivity index (χ4n) is 3.51. The second-order valence-corrected chi connectivity index (χ2v) is 9.93. The number of hydrogen-bond donors (Lipinski definition) is 1. The second-order valence-electron chi connectivity index (χ2n) is 7.92. The molecule has 4 rings (SSSR count). The molecule has 2 heterocycles. The Morgan fingerprint density at radius 1 is 1.15 bits per heavy atom. The van der Waals surface area contributed by atoms with Crippen molar-refractivity contribution in [1.82, 2.24) is 9.97 Å². The molecular weight excluding hydrogens is 454 g/mol. The number of aromatic nitrogens is 2. The summed E-state index contributed by atoms with van der Waals surface area (Å²) in [5.74, 6) is 0.937. The van der Waals surface area contributed by atoms with Gasteiger partial charge in [0.05, 0.1) is 36.4 Å². The molecule has 2 aromatic carbocycles. The van der Waals surface area contributed by atoms with Gasteiger partial charge in [0, 0.05) is 37.3 Å². The molecule has 0 amide bonds. The first-order valence-electron chi connectivity index (χ1n) is 10.8. The lowest BCUT2D eigenvalue weighted by atomic mass is 10.1. The minimum atomic E-state index is -3.33. The lowest BCUT2D eigenvalue weighted by Gasteiger charge is -2.23. The van der Waals surface area contributed by atoms with Gasteiger partial charge in [-0.1, -0.05) is 0 Å². The van der Waals surface area contributed by atoms with Crippen LogP contribution in [-0.4, -0.2) is 51.0 Å². The number of benzene rings is 2. The fraction of sp³-hybridized carbons (Fsp3) is 0.292. The van der Waals surface area contributed by atoms with Gasteiger partial charge in [0.15, 0.2) is 0 Å². The van der Waals surface area contributed by atoms with Crippen LogP contribution in [0.2, 0.25) is 0 Å². The van der Waals surface area contributed by atoms with Crippen LogP contribution >= 0.6 is 0 Å². The number of nitrogens with zero attached hydrogens (tertiary/aromatic N) is 4. The van der Waals surface area contributed by atoms with Crippen LogP contribution in [0.15, 0.2) is 54.7 Å². The van der Waals surface area contributed by atoms with Crippen molar-refractivity contribution in [2.75, 3.05) is 36.1 Å². The highest BCUT2D eigenvalue weighted by molar-refractivity contribution is 7.92. The number of sulfonamides is 1. The van der Waals surface area contributed by atoms with Crippen LogP contribution in [0.5, 0.6) is 5.75 Å². The highest BCUT2D eigenvalue weighted by Crippen LogP contribution is 2.28. The molecule has 0 bridgehead atoms. The number of ether oxygens (including phenoxy) is 2. The Hall–Kier alpha value is -3.68. The molecule has 0 aliphatic carbocycles. The van der Waals surface area contributed by atoms with E-state index in [0.717, 1.165) is 24.7 Å². The van der Waals surface area contributed by atoms with E-state index in [0.29, 0.717) is 47.5 Å². The lowest BCUT2D eigenvalue weighted by molar-refractivity contribution is 0.0254. The molecule has 1 fully saturated rings. The van der Waals surface area contributed by atoms with Crippen molar-refractivity contribution >= 4 is 27.3 Å². The predicted octanol–water partition coefficient (Wildman–Crippen LogP) is 3.71. The maximum absolute atomic E-state index is 11.7. The van der Waals surface area contributed by atoms with Crippen molar-refractivity contribution in [3.8, 4) is 23.1 Å². The third-order valence-electron chi connectivity index (χ3n) is 5.50. The Kier molecular flexibility index (Phi) is 6.95. The third kappa shape index (κ3) is 5.62. The van der Waals surface area contributed by atoms with Crippen molar-refractivity contribution in [3.63, 3.8) is 0 Å². The zero-order valence-electron chi connectivity index (χ0n) is 18.9. The smallest absolute Gasteiger partial charge is 0.231 e. The predicted molar refractivity (Wildman–Crippen MR) is 130 cm³/mol. The van der Waals surface area contributed by atoms with E-state index in [1.807, 2.05) is 6.07 Å². The van der Waals surface area contributed by atoms with Gasteiger partial charge in [0.25, 0.3) is 0 Å². The Bertz CT molecular complexity index is 1300. The molecule has 1 aromatic heterocycles. The van der Waals surface area contributed by atoms with E-state index < -0.39 is 10.0 Å². The molecule has 9 nitrogen and oxygen atoms in total. The maximum Gasteiger partial charge on any atom is 0.231 e. The van der Waals surface area contributed by atoms with E-state index in [-0.39, 0.29) is 6.10 Å². The molecule has 3 aromatic rings. The fourth-order valence-corrected chi connectivity index (χ4v) is 4.01. The summed E-state index contributed by atoms with van der Waals surface area (Å²) in [6.07, 6.45) is 4.44. The highest BCUT2D eigenvalue weighted by atomic mass is 32.2. The SMILES string of the molecule is CN(c1ccc(Nc2nccc(-c3ccc(OC4CCOCC4)c(C#N)c3)n2)cc1)S(C)(=O)=O. The van der Waals surface area contributed by atoms with Crippen LogP contribution in [0.4, 0.5) is 17.3 Å². The van der Waals surface area contributed by atoms with Gasteiger partial charge in [-0.2, -0.15) is 5.26 Å². The summed E-state index contributed by atoms with van der Waals surface area (Å²) in [6.45, 7) is 1.33. The topological polar surface area (TPSA) is 117 Å². The summed E-state index contributed by atoms with van der Waals surface area (Å²) in [7, 11) is -1.83. The van der Waals surface area contributed by atoms with Crippen LogP contribution < -0.4 is 14.4 Å². The molecule has 176 valence electrons. The van der Waals surface area contributed by atoms with E-state index in [9.17, 15) is 13.7 Å². The van der Waals surface area contributed by atoms with Crippen LogP contribution in [0.25, 0.3) is 11.3 Å². The number of nitrogens with one attached hydrogen (secondary N) is 1. The molecule has 1 N–H and O–H groups in total. The maximum atomic E-state index is 11.7. The molecule has 0 spiro atoms. The molecule has 1 aliphatic heterocycles. The van der Waals surface area contributed by atoms with Crippen LogP contribution in [-0.2, 0) is 14.8 Å². The van der Waals surface area contributed by atoms with Crippen molar-refractivity contribution in [3.05, 3.63) is 60.3 Å². The summed E-state index contributed by atoms with van der Waals surface area (Å²) in [5.41, 5.74) is 3.13. The monoisotopic (exact) mass is 479 g/mol. The summed E-state index contributed by atoms with van der Waals surface area (Å²) >= 11 is 0. The first-order chi connectivity index (χ1) is 16.3. The van der Waals surface area contributed by atoms with Crippen molar-refractivity contribution in [2.24, 2.45) is 0 Å². The van der Waals surface area contributed by atoms with Crippen LogP contribution in [0.3, 0.4) is 0 Å². The van der Waals surface area contributed by atoms with Crippen molar-refractivity contribution in [2.45, 2.75) is 18.9 Å². The number of nitriles is 1. The lowest BCUT2D eigenvalue weighted by Crippen LogP contribution is -2.26. The van der Waals surface area contributed by atoms with Crippen molar-refractivity contribution in [1.29, 1.82) is 5.26 Å². The largest absolute Gasteiger partial charge is 0.489 e. The third-order valence-corrected chi connectivity index (χ3v) is 6.70. The summed E-state index contributed by atoms with van der Waals surface area (Å²) in [4.78, 5) is 8.82. The Morgan fingerprint density at radius 2 is 1.88 bits per heavy atom. The molecule has 0 radical (unpaired) electrons. The minimum absolute atomic E-state index is 0.0464. The van der Waals surface area contributed by atoms with Crippen molar-refractivity contribution < 1.29 is 17.9 Å². The number of hydrogen-bond acceptors (Lipinski definition) is 8. The van der Waals surface area contributed by atoms with E-state index in [1.54, 1.807) is 48.7 Å².